The van der Waals surface area contributed by atoms with Crippen LogP contribution in [-0.2, 0) is 4.79 Å². The van der Waals surface area contributed by atoms with Gasteiger partial charge in [-0.05, 0) is 23.3 Å². The fourth-order valence-corrected chi connectivity index (χ4v) is 2.73. The fraction of sp³-hybridized carbons (Fsp3) is 0.133. The molecule has 21 heavy (non-hydrogen) atoms. The molecule has 0 spiro atoms. The van der Waals surface area contributed by atoms with E-state index in [4.69, 9.17) is 11.6 Å². The molecule has 0 aliphatic rings. The van der Waals surface area contributed by atoms with Gasteiger partial charge in [-0.15, -0.1) is 0 Å². The Morgan fingerprint density at radius 2 is 2.24 bits per heavy atom. The number of aromatic nitrogens is 3. The number of hydrogen-bond acceptors (Lipinski definition) is 3. The summed E-state index contributed by atoms with van der Waals surface area (Å²) in [5, 5.41) is 10.5. The van der Waals surface area contributed by atoms with E-state index in [1.54, 1.807) is 36.9 Å². The van der Waals surface area contributed by atoms with Crippen LogP contribution in [-0.4, -0.2) is 26.0 Å². The molecular weight excluding hydrogens is 290 g/mol. The van der Waals surface area contributed by atoms with Crippen LogP contribution in [0, 0.1) is 0 Å². The summed E-state index contributed by atoms with van der Waals surface area (Å²) in [6, 6.07) is 5.35. The molecule has 0 radical (unpaired) electrons. The van der Waals surface area contributed by atoms with Crippen LogP contribution in [0.3, 0.4) is 0 Å². The average Bonchev–Trinajstić information content (AvgIpc) is 2.91. The number of rotatable bonds is 4. The Morgan fingerprint density at radius 3 is 2.95 bits per heavy atom. The van der Waals surface area contributed by atoms with Crippen LogP contribution in [0.5, 0.6) is 0 Å². The lowest BCUT2D eigenvalue weighted by atomic mass is 9.89. The van der Waals surface area contributed by atoms with E-state index in [1.807, 2.05) is 6.07 Å². The molecule has 3 rings (SSSR count). The number of carboxylic acid groups (broad SMARTS) is 1. The van der Waals surface area contributed by atoms with Crippen molar-refractivity contribution in [1.29, 1.82) is 0 Å². The van der Waals surface area contributed by atoms with Gasteiger partial charge in [-0.3, -0.25) is 9.78 Å². The van der Waals surface area contributed by atoms with Crippen LogP contribution in [0.2, 0.25) is 5.02 Å². The third-order valence-electron chi connectivity index (χ3n) is 3.39. The number of pyridine rings is 2. The summed E-state index contributed by atoms with van der Waals surface area (Å²) in [6.45, 7) is 0. The highest BCUT2D eigenvalue weighted by Crippen LogP contribution is 2.35. The van der Waals surface area contributed by atoms with Gasteiger partial charge in [0.15, 0.2) is 0 Å². The Hall–Kier alpha value is -2.40. The van der Waals surface area contributed by atoms with Crippen LogP contribution in [0.15, 0.2) is 43.0 Å². The van der Waals surface area contributed by atoms with Crippen molar-refractivity contribution in [3.05, 3.63) is 59.1 Å². The Balaban J connectivity index is 2.17. The SMILES string of the molecule is O=C(O)CC(c1cccnc1)c1c[nH]c2nccc(Cl)c12. The molecular formula is C15H12ClN3O2. The summed E-state index contributed by atoms with van der Waals surface area (Å²) in [4.78, 5) is 22.6. The van der Waals surface area contributed by atoms with E-state index >= 15 is 0 Å². The Kier molecular flexibility index (Phi) is 3.58. The first-order valence-electron chi connectivity index (χ1n) is 6.40. The maximum Gasteiger partial charge on any atom is 0.304 e. The number of aromatic amines is 1. The van der Waals surface area contributed by atoms with Gasteiger partial charge in [0, 0.05) is 36.1 Å². The highest BCUT2D eigenvalue weighted by Gasteiger charge is 2.22. The number of carbonyl (C=O) groups is 1. The van der Waals surface area contributed by atoms with Crippen LogP contribution >= 0.6 is 11.6 Å². The van der Waals surface area contributed by atoms with Crippen LogP contribution in [0.25, 0.3) is 11.0 Å². The third-order valence-corrected chi connectivity index (χ3v) is 3.71. The summed E-state index contributed by atoms with van der Waals surface area (Å²) in [5.74, 6) is -1.20. The summed E-state index contributed by atoms with van der Waals surface area (Å²) >= 11 is 6.25. The number of hydrogen-bond donors (Lipinski definition) is 2. The standard InChI is InChI=1S/C15H12ClN3O2/c16-12-3-5-18-15-14(12)11(8-19-15)10(6-13(20)21)9-2-1-4-17-7-9/h1-5,7-8,10H,6H2,(H,18,19)(H,20,21). The topological polar surface area (TPSA) is 78.9 Å². The van der Waals surface area contributed by atoms with E-state index in [9.17, 15) is 9.90 Å². The molecule has 0 fully saturated rings. The first kappa shape index (κ1) is 13.6. The van der Waals surface area contributed by atoms with Gasteiger partial charge >= 0.3 is 5.97 Å². The van der Waals surface area contributed by atoms with Crippen molar-refractivity contribution in [2.24, 2.45) is 0 Å². The Bertz CT molecular complexity index is 786. The van der Waals surface area contributed by atoms with Crippen LogP contribution in [0.4, 0.5) is 0 Å². The minimum atomic E-state index is -0.877. The Labute approximate surface area is 125 Å². The van der Waals surface area contributed by atoms with E-state index < -0.39 is 5.97 Å². The maximum atomic E-state index is 11.2. The van der Waals surface area contributed by atoms with Gasteiger partial charge in [0.2, 0.25) is 0 Å². The van der Waals surface area contributed by atoms with Crippen molar-refractivity contribution in [2.45, 2.75) is 12.3 Å². The van der Waals surface area contributed by atoms with E-state index in [-0.39, 0.29) is 12.3 Å². The van der Waals surface area contributed by atoms with Gasteiger partial charge in [-0.2, -0.15) is 0 Å². The zero-order valence-electron chi connectivity index (χ0n) is 11.0. The molecule has 1 unspecified atom stereocenters. The highest BCUT2D eigenvalue weighted by molar-refractivity contribution is 6.35. The van der Waals surface area contributed by atoms with Gasteiger partial charge in [-0.25, -0.2) is 4.98 Å². The normalized spacial score (nSPS) is 12.4. The molecule has 3 aromatic rings. The van der Waals surface area contributed by atoms with Crippen molar-refractivity contribution in [3.8, 4) is 0 Å². The Morgan fingerprint density at radius 1 is 1.38 bits per heavy atom. The summed E-state index contributed by atoms with van der Waals surface area (Å²) < 4.78 is 0. The molecule has 3 aromatic heterocycles. The number of fused-ring (bicyclic) bond motifs is 1. The van der Waals surface area contributed by atoms with Gasteiger partial charge in [0.25, 0.3) is 0 Å². The van der Waals surface area contributed by atoms with Gasteiger partial charge < -0.3 is 10.1 Å². The van der Waals surface area contributed by atoms with Gasteiger partial charge in [-0.1, -0.05) is 17.7 Å². The maximum absolute atomic E-state index is 11.2. The largest absolute Gasteiger partial charge is 0.481 e. The number of nitrogens with zero attached hydrogens (tertiary/aromatic N) is 2. The van der Waals surface area contributed by atoms with Crippen LogP contribution < -0.4 is 0 Å². The van der Waals surface area contributed by atoms with E-state index in [0.717, 1.165) is 16.5 Å². The molecule has 0 aromatic carbocycles. The molecule has 2 N–H and O–H groups in total. The van der Waals surface area contributed by atoms with Crippen molar-refractivity contribution in [1.82, 2.24) is 15.0 Å². The van der Waals surface area contributed by atoms with Crippen molar-refractivity contribution in [2.75, 3.05) is 0 Å². The summed E-state index contributed by atoms with van der Waals surface area (Å²) in [7, 11) is 0. The molecule has 5 nitrogen and oxygen atoms in total. The molecule has 1 atom stereocenters. The molecule has 0 saturated heterocycles. The van der Waals surface area contributed by atoms with Gasteiger partial charge in [0.1, 0.15) is 5.65 Å². The molecule has 0 amide bonds. The second-order valence-electron chi connectivity index (χ2n) is 4.70. The fourth-order valence-electron chi connectivity index (χ4n) is 2.48. The number of nitrogens with one attached hydrogen (secondary N) is 1. The number of aliphatic carboxylic acids is 1. The first-order valence-corrected chi connectivity index (χ1v) is 6.78. The number of halogens is 1. The van der Waals surface area contributed by atoms with Crippen molar-refractivity contribution < 1.29 is 9.90 Å². The molecule has 106 valence electrons. The lowest BCUT2D eigenvalue weighted by molar-refractivity contribution is -0.137. The minimum absolute atomic E-state index is 0.0378. The minimum Gasteiger partial charge on any atom is -0.481 e. The molecule has 0 saturated carbocycles. The van der Waals surface area contributed by atoms with Crippen LogP contribution in [0.1, 0.15) is 23.5 Å². The lowest BCUT2D eigenvalue weighted by Gasteiger charge is -2.14. The monoisotopic (exact) mass is 301 g/mol. The number of H-pyrrole nitrogens is 1. The molecule has 0 bridgehead atoms. The van der Waals surface area contributed by atoms with Gasteiger partial charge in [0.05, 0.1) is 11.4 Å². The van der Waals surface area contributed by atoms with E-state index in [1.165, 1.54) is 0 Å². The smallest absolute Gasteiger partial charge is 0.304 e. The second kappa shape index (κ2) is 5.54. The van der Waals surface area contributed by atoms with E-state index in [2.05, 4.69) is 15.0 Å². The van der Waals surface area contributed by atoms with Crippen molar-refractivity contribution >= 4 is 28.6 Å². The van der Waals surface area contributed by atoms with E-state index in [0.29, 0.717) is 10.7 Å². The zero-order valence-corrected chi connectivity index (χ0v) is 11.7. The summed E-state index contributed by atoms with van der Waals surface area (Å²) in [6.07, 6.45) is 6.68. The average molecular weight is 302 g/mol. The lowest BCUT2D eigenvalue weighted by Crippen LogP contribution is -2.08. The summed E-state index contributed by atoms with van der Waals surface area (Å²) in [5.41, 5.74) is 2.30. The first-order chi connectivity index (χ1) is 10.2. The molecule has 6 heteroatoms. The molecule has 3 heterocycles. The quantitative estimate of drug-likeness (QED) is 0.775. The predicted molar refractivity (Wildman–Crippen MR) is 79.4 cm³/mol. The zero-order chi connectivity index (χ0) is 14.8. The predicted octanol–water partition coefficient (Wildman–Crippen LogP) is 3.22. The molecule has 0 aliphatic carbocycles. The third kappa shape index (κ3) is 2.60. The molecule has 0 aliphatic heterocycles. The second-order valence-corrected chi connectivity index (χ2v) is 5.10. The number of carboxylic acids is 1. The van der Waals surface area contributed by atoms with Crippen molar-refractivity contribution in [3.63, 3.8) is 0 Å². The highest BCUT2D eigenvalue weighted by atomic mass is 35.5.